The smallest absolute Gasteiger partial charge is 0.163 e. The fourth-order valence-corrected chi connectivity index (χ4v) is 2.45. The summed E-state index contributed by atoms with van der Waals surface area (Å²) >= 11 is 0. The minimum Gasteiger partial charge on any atom is -0.314 e. The molecule has 0 bridgehead atoms. The molecule has 0 aromatic heterocycles. The molecule has 0 radical (unpaired) electrons. The second-order valence-electron chi connectivity index (χ2n) is 4.35. The van der Waals surface area contributed by atoms with Crippen molar-refractivity contribution in [3.8, 4) is 0 Å². The number of hydrogen-bond donors (Lipinski definition) is 1. The molecule has 1 saturated heterocycles. The van der Waals surface area contributed by atoms with Crippen molar-refractivity contribution in [2.75, 3.05) is 26.2 Å². The van der Waals surface area contributed by atoms with Gasteiger partial charge in [0.1, 0.15) is 0 Å². The number of nitrogens with zero attached hydrogens (tertiary/aromatic N) is 1. The Labute approximate surface area is 125 Å². The normalized spacial score (nSPS) is 17.2. The Hall–Kier alpha value is -0.420. The number of hydrogen-bond acceptors (Lipinski definition) is 2. The van der Waals surface area contributed by atoms with Gasteiger partial charge in [0.25, 0.3) is 0 Å². The molecule has 1 aliphatic heterocycles. The van der Waals surface area contributed by atoms with Gasteiger partial charge in [-0.1, -0.05) is 19.1 Å². The van der Waals surface area contributed by atoms with E-state index < -0.39 is 11.6 Å². The lowest BCUT2D eigenvalue weighted by Crippen LogP contribution is -2.45. The van der Waals surface area contributed by atoms with Crippen molar-refractivity contribution in [3.63, 3.8) is 0 Å². The van der Waals surface area contributed by atoms with Gasteiger partial charge in [0.2, 0.25) is 0 Å². The predicted molar refractivity (Wildman–Crippen MR) is 78.3 cm³/mol. The topological polar surface area (TPSA) is 15.3 Å². The Morgan fingerprint density at radius 2 is 1.84 bits per heavy atom. The van der Waals surface area contributed by atoms with Crippen LogP contribution in [0.25, 0.3) is 0 Å². The molecular weight excluding hydrogens is 293 g/mol. The van der Waals surface area contributed by atoms with Crippen molar-refractivity contribution in [3.05, 3.63) is 35.4 Å². The van der Waals surface area contributed by atoms with Gasteiger partial charge in [-0.2, -0.15) is 0 Å². The summed E-state index contributed by atoms with van der Waals surface area (Å²) in [5, 5.41) is 3.26. The van der Waals surface area contributed by atoms with Crippen LogP contribution in [0, 0.1) is 11.6 Å². The third-order valence-electron chi connectivity index (χ3n) is 3.32. The van der Waals surface area contributed by atoms with E-state index in [0.717, 1.165) is 32.6 Å². The van der Waals surface area contributed by atoms with E-state index in [9.17, 15) is 8.78 Å². The number of halogens is 4. The molecule has 1 heterocycles. The minimum absolute atomic E-state index is 0. The van der Waals surface area contributed by atoms with E-state index in [1.807, 2.05) is 6.92 Å². The maximum absolute atomic E-state index is 13.8. The summed E-state index contributed by atoms with van der Waals surface area (Å²) in [5.41, 5.74) is 0.481. The maximum atomic E-state index is 13.8. The van der Waals surface area contributed by atoms with Crippen LogP contribution in [0.1, 0.15) is 24.9 Å². The minimum atomic E-state index is -0.754. The average molecular weight is 313 g/mol. The lowest BCUT2D eigenvalue weighted by atomic mass is 10.0. The molecule has 6 heteroatoms. The summed E-state index contributed by atoms with van der Waals surface area (Å²) in [5.74, 6) is -1.45. The van der Waals surface area contributed by atoms with E-state index in [1.54, 1.807) is 12.1 Å². The van der Waals surface area contributed by atoms with Crippen molar-refractivity contribution in [1.29, 1.82) is 0 Å². The molecule has 0 spiro atoms. The molecule has 2 rings (SSSR count). The first-order valence-electron chi connectivity index (χ1n) is 6.12. The third-order valence-corrected chi connectivity index (χ3v) is 3.32. The summed E-state index contributed by atoms with van der Waals surface area (Å²) in [6.07, 6.45) is 0.792. The van der Waals surface area contributed by atoms with Gasteiger partial charge in [-0.3, -0.25) is 4.90 Å². The molecule has 1 N–H and O–H groups in total. The van der Waals surface area contributed by atoms with Crippen LogP contribution < -0.4 is 5.32 Å². The van der Waals surface area contributed by atoms with Crippen molar-refractivity contribution in [1.82, 2.24) is 10.2 Å². The van der Waals surface area contributed by atoms with E-state index >= 15 is 0 Å². The fourth-order valence-electron chi connectivity index (χ4n) is 2.45. The van der Waals surface area contributed by atoms with Crippen LogP contribution in [0.4, 0.5) is 8.78 Å². The molecule has 2 nitrogen and oxygen atoms in total. The molecule has 1 aromatic rings. The molecule has 1 aliphatic rings. The summed E-state index contributed by atoms with van der Waals surface area (Å²) in [7, 11) is 0. The second-order valence-corrected chi connectivity index (χ2v) is 4.35. The van der Waals surface area contributed by atoms with Gasteiger partial charge in [0, 0.05) is 37.8 Å². The second kappa shape index (κ2) is 8.69. The lowest BCUT2D eigenvalue weighted by Gasteiger charge is -2.34. The van der Waals surface area contributed by atoms with E-state index in [0.29, 0.717) is 5.56 Å². The molecule has 110 valence electrons. The summed E-state index contributed by atoms with van der Waals surface area (Å²) in [6.45, 7) is 5.60. The SMILES string of the molecule is CC[C@H](c1cccc(F)c1F)N1CCNCC1.Cl.Cl. The Morgan fingerprint density at radius 1 is 1.21 bits per heavy atom. The van der Waals surface area contributed by atoms with Crippen LogP contribution in [0.2, 0.25) is 0 Å². The monoisotopic (exact) mass is 312 g/mol. The number of benzene rings is 1. The first kappa shape index (κ1) is 18.6. The quantitative estimate of drug-likeness (QED) is 0.922. The maximum Gasteiger partial charge on any atom is 0.163 e. The Morgan fingerprint density at radius 3 is 2.42 bits per heavy atom. The van der Waals surface area contributed by atoms with Gasteiger partial charge in [0.15, 0.2) is 11.6 Å². The zero-order valence-electron chi connectivity index (χ0n) is 10.9. The summed E-state index contributed by atoms with van der Waals surface area (Å²) < 4.78 is 27.0. The first-order chi connectivity index (χ1) is 8.24. The van der Waals surface area contributed by atoms with Crippen LogP contribution in [0.3, 0.4) is 0 Å². The average Bonchev–Trinajstić information content (AvgIpc) is 2.37. The molecular formula is C13H20Cl2F2N2. The van der Waals surface area contributed by atoms with Gasteiger partial charge in [-0.15, -0.1) is 24.8 Å². The van der Waals surface area contributed by atoms with Crippen LogP contribution in [-0.4, -0.2) is 31.1 Å². The zero-order chi connectivity index (χ0) is 12.3. The van der Waals surface area contributed by atoms with E-state index in [2.05, 4.69) is 10.2 Å². The number of nitrogens with one attached hydrogen (secondary N) is 1. The zero-order valence-corrected chi connectivity index (χ0v) is 12.5. The van der Waals surface area contributed by atoms with Gasteiger partial charge in [-0.05, 0) is 12.5 Å². The van der Waals surface area contributed by atoms with E-state index in [-0.39, 0.29) is 30.9 Å². The number of rotatable bonds is 3. The standard InChI is InChI=1S/C13H18F2N2.2ClH/c1-2-12(17-8-6-16-7-9-17)10-4-3-5-11(14)13(10)15;;/h3-5,12,16H,2,6-9H2,1H3;2*1H/t12-;;/m1../s1. The summed E-state index contributed by atoms with van der Waals surface area (Å²) in [4.78, 5) is 2.22. The van der Waals surface area contributed by atoms with Crippen molar-refractivity contribution >= 4 is 24.8 Å². The Balaban J connectivity index is 0.00000162. The number of piperazine rings is 1. The van der Waals surface area contributed by atoms with Crippen LogP contribution in [0.5, 0.6) is 0 Å². The highest BCUT2D eigenvalue weighted by Gasteiger charge is 2.24. The highest BCUT2D eigenvalue weighted by Crippen LogP contribution is 2.27. The molecule has 0 amide bonds. The molecule has 0 unspecified atom stereocenters. The molecule has 1 atom stereocenters. The Kier molecular flexibility index (Phi) is 8.50. The van der Waals surface area contributed by atoms with E-state index in [4.69, 9.17) is 0 Å². The predicted octanol–water partition coefficient (Wildman–Crippen LogP) is 3.16. The van der Waals surface area contributed by atoms with Crippen molar-refractivity contribution in [2.45, 2.75) is 19.4 Å². The molecule has 1 fully saturated rings. The van der Waals surface area contributed by atoms with Gasteiger partial charge < -0.3 is 5.32 Å². The van der Waals surface area contributed by atoms with Gasteiger partial charge in [0.05, 0.1) is 0 Å². The highest BCUT2D eigenvalue weighted by molar-refractivity contribution is 5.85. The van der Waals surface area contributed by atoms with Crippen LogP contribution in [-0.2, 0) is 0 Å². The van der Waals surface area contributed by atoms with Crippen LogP contribution >= 0.6 is 24.8 Å². The molecule has 0 aliphatic carbocycles. The molecule has 1 aromatic carbocycles. The van der Waals surface area contributed by atoms with E-state index in [1.165, 1.54) is 6.07 Å². The largest absolute Gasteiger partial charge is 0.314 e. The van der Waals surface area contributed by atoms with Crippen LogP contribution in [0.15, 0.2) is 18.2 Å². The highest BCUT2D eigenvalue weighted by atomic mass is 35.5. The molecule has 0 saturated carbocycles. The van der Waals surface area contributed by atoms with Crippen molar-refractivity contribution < 1.29 is 8.78 Å². The lowest BCUT2D eigenvalue weighted by molar-refractivity contribution is 0.165. The molecule has 19 heavy (non-hydrogen) atoms. The third kappa shape index (κ3) is 4.28. The Bertz CT molecular complexity index is 385. The summed E-state index contributed by atoms with van der Waals surface area (Å²) in [6, 6.07) is 4.42. The van der Waals surface area contributed by atoms with Gasteiger partial charge >= 0.3 is 0 Å². The fraction of sp³-hybridized carbons (Fsp3) is 0.538. The van der Waals surface area contributed by atoms with Gasteiger partial charge in [-0.25, -0.2) is 8.78 Å². The van der Waals surface area contributed by atoms with Crippen molar-refractivity contribution in [2.24, 2.45) is 0 Å². The first-order valence-corrected chi connectivity index (χ1v) is 6.12.